The Labute approximate surface area is 178 Å². The van der Waals surface area contributed by atoms with Gasteiger partial charge < -0.3 is 14.8 Å². The lowest BCUT2D eigenvalue weighted by atomic mass is 9.96. The molecule has 1 heterocycles. The van der Waals surface area contributed by atoms with Crippen molar-refractivity contribution in [3.8, 4) is 11.5 Å². The normalized spacial score (nSPS) is 16.8. The van der Waals surface area contributed by atoms with E-state index in [1.54, 1.807) is 14.2 Å². The van der Waals surface area contributed by atoms with Crippen LogP contribution in [0, 0.1) is 11.7 Å². The van der Waals surface area contributed by atoms with Crippen molar-refractivity contribution in [3.63, 3.8) is 0 Å². The number of carbonyl (C=O) groups is 1. The van der Waals surface area contributed by atoms with Crippen LogP contribution in [0.15, 0.2) is 42.5 Å². The predicted octanol–water partition coefficient (Wildman–Crippen LogP) is 3.80. The van der Waals surface area contributed by atoms with Crippen LogP contribution in [0.25, 0.3) is 0 Å². The smallest absolute Gasteiger partial charge is 0.224 e. The number of carbonyl (C=O) groups excluding carboxylic acids is 1. The molecule has 30 heavy (non-hydrogen) atoms. The number of halogens is 1. The number of nitrogens with zero attached hydrogens (tertiary/aromatic N) is 1. The summed E-state index contributed by atoms with van der Waals surface area (Å²) >= 11 is 0. The molecule has 3 rings (SSSR count). The molecule has 0 radical (unpaired) electrons. The van der Waals surface area contributed by atoms with Crippen LogP contribution in [-0.4, -0.2) is 44.7 Å². The molecule has 162 valence electrons. The molecule has 1 unspecified atom stereocenters. The topological polar surface area (TPSA) is 50.8 Å². The minimum absolute atomic E-state index is 0.0141. The number of benzene rings is 2. The molecule has 0 spiro atoms. The molecule has 5 nitrogen and oxygen atoms in total. The van der Waals surface area contributed by atoms with Gasteiger partial charge in [0.05, 0.1) is 20.1 Å². The number of rotatable bonds is 9. The van der Waals surface area contributed by atoms with Gasteiger partial charge in [-0.15, -0.1) is 0 Å². The maximum absolute atomic E-state index is 13.1. The van der Waals surface area contributed by atoms with E-state index in [1.165, 1.54) is 12.1 Å². The quantitative estimate of drug-likeness (QED) is 0.634. The third-order valence-corrected chi connectivity index (χ3v) is 5.59. The Hall–Kier alpha value is -2.60. The standard InChI is InChI=1S/C24H31FN2O3/c1-29-22-12-9-18(15-23(22)30-2)5-3-13-26-24(28)20-6-4-14-27(17-20)16-19-7-10-21(25)11-8-19/h7-12,15,20H,3-6,13-14,16-17H2,1-2H3,(H,26,28). The SMILES string of the molecule is COc1ccc(CCCNC(=O)C2CCCN(Cc3ccc(F)cc3)C2)cc1OC. The maximum atomic E-state index is 13.1. The van der Waals surface area contributed by atoms with Gasteiger partial charge in [-0.2, -0.15) is 0 Å². The molecule has 1 N–H and O–H groups in total. The van der Waals surface area contributed by atoms with Crippen LogP contribution >= 0.6 is 0 Å². The van der Waals surface area contributed by atoms with Crippen molar-refractivity contribution in [3.05, 3.63) is 59.4 Å². The minimum Gasteiger partial charge on any atom is -0.493 e. The first kappa shape index (κ1) is 22.1. The molecule has 1 saturated heterocycles. The van der Waals surface area contributed by atoms with Crippen LogP contribution in [0.3, 0.4) is 0 Å². The van der Waals surface area contributed by atoms with Gasteiger partial charge in [-0.05, 0) is 67.6 Å². The van der Waals surface area contributed by atoms with Crippen LogP contribution in [-0.2, 0) is 17.8 Å². The van der Waals surface area contributed by atoms with Gasteiger partial charge in [-0.1, -0.05) is 18.2 Å². The minimum atomic E-state index is -0.220. The molecule has 1 aliphatic rings. The Morgan fingerprint density at radius 2 is 1.83 bits per heavy atom. The molecule has 1 amide bonds. The number of hydrogen-bond donors (Lipinski definition) is 1. The predicted molar refractivity (Wildman–Crippen MR) is 115 cm³/mol. The summed E-state index contributed by atoms with van der Waals surface area (Å²) in [5.74, 6) is 1.37. The first-order valence-electron chi connectivity index (χ1n) is 10.5. The van der Waals surface area contributed by atoms with E-state index >= 15 is 0 Å². The molecule has 1 aliphatic heterocycles. The number of methoxy groups -OCH3 is 2. The van der Waals surface area contributed by atoms with E-state index in [0.717, 1.165) is 67.9 Å². The van der Waals surface area contributed by atoms with E-state index < -0.39 is 0 Å². The van der Waals surface area contributed by atoms with Gasteiger partial charge in [0.1, 0.15) is 5.82 Å². The lowest BCUT2D eigenvalue weighted by Crippen LogP contribution is -2.42. The van der Waals surface area contributed by atoms with Gasteiger partial charge in [0.25, 0.3) is 0 Å². The van der Waals surface area contributed by atoms with Crippen LogP contribution in [0.1, 0.15) is 30.4 Å². The van der Waals surface area contributed by atoms with Gasteiger partial charge in [0.15, 0.2) is 11.5 Å². The van der Waals surface area contributed by atoms with Crippen LogP contribution < -0.4 is 14.8 Å². The van der Waals surface area contributed by atoms with Gasteiger partial charge in [-0.3, -0.25) is 9.69 Å². The number of nitrogens with one attached hydrogen (secondary N) is 1. The molecule has 0 bridgehead atoms. The third-order valence-electron chi connectivity index (χ3n) is 5.59. The Balaban J connectivity index is 1.41. The highest BCUT2D eigenvalue weighted by Gasteiger charge is 2.25. The first-order valence-corrected chi connectivity index (χ1v) is 10.5. The van der Waals surface area contributed by atoms with E-state index in [4.69, 9.17) is 9.47 Å². The number of piperidine rings is 1. The van der Waals surface area contributed by atoms with E-state index in [2.05, 4.69) is 10.2 Å². The van der Waals surface area contributed by atoms with Crippen molar-refractivity contribution in [2.45, 2.75) is 32.2 Å². The summed E-state index contributed by atoms with van der Waals surface area (Å²) in [5, 5.41) is 3.09. The molecule has 0 aromatic heterocycles. The molecule has 6 heteroatoms. The monoisotopic (exact) mass is 414 g/mol. The number of aryl methyl sites for hydroxylation is 1. The summed E-state index contributed by atoms with van der Waals surface area (Å²) < 4.78 is 23.7. The average molecular weight is 415 g/mol. The molecule has 0 aliphatic carbocycles. The summed E-state index contributed by atoms with van der Waals surface area (Å²) in [5.41, 5.74) is 2.23. The summed E-state index contributed by atoms with van der Waals surface area (Å²) in [4.78, 5) is 14.9. The van der Waals surface area contributed by atoms with Gasteiger partial charge in [0.2, 0.25) is 5.91 Å². The fourth-order valence-corrected chi connectivity index (χ4v) is 3.95. The highest BCUT2D eigenvalue weighted by atomic mass is 19.1. The second-order valence-electron chi connectivity index (χ2n) is 7.78. The van der Waals surface area contributed by atoms with Crippen molar-refractivity contribution < 1.29 is 18.7 Å². The molecule has 1 fully saturated rings. The van der Waals surface area contributed by atoms with Crippen molar-refractivity contribution in [1.29, 1.82) is 0 Å². The Morgan fingerprint density at radius 1 is 1.10 bits per heavy atom. The van der Waals surface area contributed by atoms with E-state index in [9.17, 15) is 9.18 Å². The Bertz CT molecular complexity index is 826. The van der Waals surface area contributed by atoms with Gasteiger partial charge >= 0.3 is 0 Å². The molecule has 1 atom stereocenters. The Morgan fingerprint density at radius 3 is 2.57 bits per heavy atom. The largest absolute Gasteiger partial charge is 0.493 e. The summed E-state index contributed by atoms with van der Waals surface area (Å²) in [7, 11) is 3.25. The zero-order valence-electron chi connectivity index (χ0n) is 17.8. The highest BCUT2D eigenvalue weighted by Crippen LogP contribution is 2.28. The maximum Gasteiger partial charge on any atom is 0.224 e. The van der Waals surface area contributed by atoms with Crippen molar-refractivity contribution in [2.75, 3.05) is 33.9 Å². The molecule has 0 saturated carbocycles. The lowest BCUT2D eigenvalue weighted by molar-refractivity contribution is -0.126. The zero-order chi connectivity index (χ0) is 21.3. The van der Waals surface area contributed by atoms with E-state index in [0.29, 0.717) is 6.54 Å². The highest BCUT2D eigenvalue weighted by molar-refractivity contribution is 5.78. The van der Waals surface area contributed by atoms with Crippen molar-refractivity contribution in [2.24, 2.45) is 5.92 Å². The van der Waals surface area contributed by atoms with E-state index in [1.807, 2.05) is 30.3 Å². The fourth-order valence-electron chi connectivity index (χ4n) is 3.95. The first-order chi connectivity index (χ1) is 14.6. The van der Waals surface area contributed by atoms with Gasteiger partial charge in [-0.25, -0.2) is 4.39 Å². The second kappa shape index (κ2) is 11.0. The average Bonchev–Trinajstić information content (AvgIpc) is 2.78. The summed E-state index contributed by atoms with van der Waals surface area (Å²) in [6.45, 7) is 3.13. The molecular formula is C24H31FN2O3. The number of amides is 1. The Kier molecular flexibility index (Phi) is 8.08. The zero-order valence-corrected chi connectivity index (χ0v) is 17.8. The summed E-state index contributed by atoms with van der Waals surface area (Å²) in [6.07, 6.45) is 3.65. The van der Waals surface area contributed by atoms with Crippen LogP contribution in [0.4, 0.5) is 4.39 Å². The molecule has 2 aromatic carbocycles. The lowest BCUT2D eigenvalue weighted by Gasteiger charge is -2.32. The number of likely N-dealkylation sites (tertiary alicyclic amines) is 1. The molecule has 2 aromatic rings. The van der Waals surface area contributed by atoms with Gasteiger partial charge in [0, 0.05) is 19.6 Å². The number of ether oxygens (including phenoxy) is 2. The van der Waals surface area contributed by atoms with Crippen LogP contribution in [0.5, 0.6) is 11.5 Å². The van der Waals surface area contributed by atoms with Crippen LogP contribution in [0.2, 0.25) is 0 Å². The van der Waals surface area contributed by atoms with E-state index in [-0.39, 0.29) is 17.6 Å². The van der Waals surface area contributed by atoms with Crippen molar-refractivity contribution in [1.82, 2.24) is 10.2 Å². The summed E-state index contributed by atoms with van der Waals surface area (Å²) in [6, 6.07) is 12.5. The van der Waals surface area contributed by atoms with Crippen molar-refractivity contribution >= 4 is 5.91 Å². The number of hydrogen-bond acceptors (Lipinski definition) is 4. The third kappa shape index (κ3) is 6.20. The fraction of sp³-hybridized carbons (Fsp3) is 0.458. The second-order valence-corrected chi connectivity index (χ2v) is 7.78. The molecular weight excluding hydrogens is 383 g/mol.